The Morgan fingerprint density at radius 2 is 2.21 bits per heavy atom. The third-order valence-corrected chi connectivity index (χ3v) is 3.47. The first-order chi connectivity index (χ1) is 6.81. The van der Waals surface area contributed by atoms with Crippen LogP contribution in [0.15, 0.2) is 24.3 Å². The standard InChI is InChI=1S/C12H16ClN/c13-11-5-1-3-9(7-11)12-6-2-4-10(12)8-14/h1,3,5,7,10,12H,2,4,6,8,14H2. The Morgan fingerprint density at radius 3 is 2.93 bits per heavy atom. The zero-order chi connectivity index (χ0) is 9.97. The van der Waals surface area contributed by atoms with Crippen molar-refractivity contribution in [3.63, 3.8) is 0 Å². The van der Waals surface area contributed by atoms with E-state index < -0.39 is 0 Å². The summed E-state index contributed by atoms with van der Waals surface area (Å²) >= 11 is 5.98. The highest BCUT2D eigenvalue weighted by molar-refractivity contribution is 6.30. The molecule has 0 aromatic heterocycles. The minimum absolute atomic E-state index is 0.638. The molecule has 0 saturated heterocycles. The molecule has 0 bridgehead atoms. The fourth-order valence-corrected chi connectivity index (χ4v) is 2.69. The van der Waals surface area contributed by atoms with Gasteiger partial charge >= 0.3 is 0 Å². The Morgan fingerprint density at radius 1 is 1.36 bits per heavy atom. The van der Waals surface area contributed by atoms with Crippen LogP contribution in [-0.4, -0.2) is 6.54 Å². The Kier molecular flexibility index (Phi) is 3.09. The van der Waals surface area contributed by atoms with Gasteiger partial charge in [-0.3, -0.25) is 0 Å². The summed E-state index contributed by atoms with van der Waals surface area (Å²) in [7, 11) is 0. The molecule has 1 saturated carbocycles. The van der Waals surface area contributed by atoms with Crippen LogP contribution in [0, 0.1) is 5.92 Å². The van der Waals surface area contributed by atoms with Crippen LogP contribution in [0.3, 0.4) is 0 Å². The van der Waals surface area contributed by atoms with Gasteiger partial charge in [-0.1, -0.05) is 30.2 Å². The van der Waals surface area contributed by atoms with E-state index in [1.165, 1.54) is 24.8 Å². The van der Waals surface area contributed by atoms with Crippen molar-refractivity contribution < 1.29 is 0 Å². The second-order valence-corrected chi connectivity index (χ2v) is 4.52. The Hall–Kier alpha value is -0.530. The summed E-state index contributed by atoms with van der Waals surface area (Å²) in [5.74, 6) is 1.30. The first-order valence-corrected chi connectivity index (χ1v) is 5.64. The molecule has 0 heterocycles. The quantitative estimate of drug-likeness (QED) is 0.796. The summed E-state index contributed by atoms with van der Waals surface area (Å²) in [5.41, 5.74) is 7.13. The molecular formula is C12H16ClN. The molecular weight excluding hydrogens is 194 g/mol. The average molecular weight is 210 g/mol. The minimum atomic E-state index is 0.638. The number of benzene rings is 1. The minimum Gasteiger partial charge on any atom is -0.330 e. The van der Waals surface area contributed by atoms with Crippen LogP contribution in [0.1, 0.15) is 30.7 Å². The molecule has 0 aliphatic heterocycles. The highest BCUT2D eigenvalue weighted by Gasteiger charge is 2.27. The maximum absolute atomic E-state index is 5.98. The molecule has 14 heavy (non-hydrogen) atoms. The van der Waals surface area contributed by atoms with Crippen molar-refractivity contribution in [2.45, 2.75) is 25.2 Å². The summed E-state index contributed by atoms with van der Waals surface area (Å²) in [5, 5.41) is 0.838. The number of halogens is 1. The van der Waals surface area contributed by atoms with E-state index in [1.54, 1.807) is 0 Å². The van der Waals surface area contributed by atoms with E-state index in [-0.39, 0.29) is 0 Å². The van der Waals surface area contributed by atoms with Crippen LogP contribution in [0.4, 0.5) is 0 Å². The smallest absolute Gasteiger partial charge is 0.0408 e. The number of nitrogens with two attached hydrogens (primary N) is 1. The van der Waals surface area contributed by atoms with E-state index in [0.717, 1.165) is 11.6 Å². The van der Waals surface area contributed by atoms with Crippen LogP contribution in [0.5, 0.6) is 0 Å². The first-order valence-electron chi connectivity index (χ1n) is 5.27. The Bertz CT molecular complexity index is 311. The predicted octanol–water partition coefficient (Wildman–Crippen LogP) is 3.18. The van der Waals surface area contributed by atoms with Gasteiger partial charge in [-0.2, -0.15) is 0 Å². The topological polar surface area (TPSA) is 26.0 Å². The van der Waals surface area contributed by atoms with Gasteiger partial charge in [0.25, 0.3) is 0 Å². The monoisotopic (exact) mass is 209 g/mol. The SMILES string of the molecule is NCC1CCCC1c1cccc(Cl)c1. The van der Waals surface area contributed by atoms with Crippen LogP contribution < -0.4 is 5.73 Å². The van der Waals surface area contributed by atoms with E-state index in [2.05, 4.69) is 12.1 Å². The van der Waals surface area contributed by atoms with Gasteiger partial charge in [-0.25, -0.2) is 0 Å². The van der Waals surface area contributed by atoms with Gasteiger partial charge in [0.05, 0.1) is 0 Å². The largest absolute Gasteiger partial charge is 0.330 e. The van der Waals surface area contributed by atoms with E-state index in [1.807, 2.05) is 12.1 Å². The van der Waals surface area contributed by atoms with E-state index in [9.17, 15) is 0 Å². The van der Waals surface area contributed by atoms with Crippen molar-refractivity contribution >= 4 is 11.6 Å². The van der Waals surface area contributed by atoms with Crippen LogP contribution >= 0.6 is 11.6 Å². The second-order valence-electron chi connectivity index (χ2n) is 4.09. The molecule has 1 nitrogen and oxygen atoms in total. The number of hydrogen-bond donors (Lipinski definition) is 1. The summed E-state index contributed by atoms with van der Waals surface area (Å²) in [6.45, 7) is 0.803. The average Bonchev–Trinajstić information content (AvgIpc) is 2.65. The molecule has 76 valence electrons. The molecule has 2 N–H and O–H groups in total. The molecule has 1 aliphatic carbocycles. The highest BCUT2D eigenvalue weighted by atomic mass is 35.5. The van der Waals surface area contributed by atoms with Crippen molar-refractivity contribution in [2.75, 3.05) is 6.54 Å². The fraction of sp³-hybridized carbons (Fsp3) is 0.500. The molecule has 2 heteroatoms. The fourth-order valence-electron chi connectivity index (χ4n) is 2.50. The van der Waals surface area contributed by atoms with E-state index in [4.69, 9.17) is 17.3 Å². The third kappa shape index (κ3) is 1.94. The van der Waals surface area contributed by atoms with Crippen LogP contribution in [0.2, 0.25) is 5.02 Å². The third-order valence-electron chi connectivity index (χ3n) is 3.24. The molecule has 1 aliphatic rings. The zero-order valence-electron chi connectivity index (χ0n) is 8.25. The number of hydrogen-bond acceptors (Lipinski definition) is 1. The predicted molar refractivity (Wildman–Crippen MR) is 60.6 cm³/mol. The lowest BCUT2D eigenvalue weighted by atomic mass is 9.89. The molecule has 2 unspecified atom stereocenters. The van der Waals surface area contributed by atoms with Crippen molar-refractivity contribution in [1.29, 1.82) is 0 Å². The molecule has 2 atom stereocenters. The Labute approximate surface area is 90.3 Å². The molecule has 0 spiro atoms. The second kappa shape index (κ2) is 4.33. The molecule has 0 amide bonds. The van der Waals surface area contributed by atoms with Crippen molar-refractivity contribution in [3.8, 4) is 0 Å². The molecule has 2 rings (SSSR count). The number of rotatable bonds is 2. The maximum atomic E-state index is 5.98. The van der Waals surface area contributed by atoms with Gasteiger partial charge in [0.2, 0.25) is 0 Å². The van der Waals surface area contributed by atoms with Crippen LogP contribution in [0.25, 0.3) is 0 Å². The van der Waals surface area contributed by atoms with Gasteiger partial charge in [0, 0.05) is 5.02 Å². The van der Waals surface area contributed by atoms with Gasteiger partial charge in [-0.15, -0.1) is 0 Å². The summed E-state index contributed by atoms with van der Waals surface area (Å²) in [6, 6.07) is 8.21. The van der Waals surface area contributed by atoms with Crippen molar-refractivity contribution in [3.05, 3.63) is 34.9 Å². The zero-order valence-corrected chi connectivity index (χ0v) is 9.00. The summed E-state index contributed by atoms with van der Waals surface area (Å²) < 4.78 is 0. The van der Waals surface area contributed by atoms with Gasteiger partial charge in [0.15, 0.2) is 0 Å². The van der Waals surface area contributed by atoms with Gasteiger partial charge < -0.3 is 5.73 Å². The molecule has 1 fully saturated rings. The normalized spacial score (nSPS) is 26.7. The molecule has 1 aromatic carbocycles. The lowest BCUT2D eigenvalue weighted by Gasteiger charge is -2.18. The highest BCUT2D eigenvalue weighted by Crippen LogP contribution is 2.39. The van der Waals surface area contributed by atoms with Gasteiger partial charge in [0.1, 0.15) is 0 Å². The Balaban J connectivity index is 2.21. The summed E-state index contributed by atoms with van der Waals surface area (Å²) in [6.07, 6.45) is 3.84. The van der Waals surface area contributed by atoms with Crippen molar-refractivity contribution in [2.24, 2.45) is 11.7 Å². The first kappa shape index (κ1) is 10.0. The van der Waals surface area contributed by atoms with Gasteiger partial charge in [-0.05, 0) is 48.9 Å². The lowest BCUT2D eigenvalue weighted by Crippen LogP contribution is -2.17. The van der Waals surface area contributed by atoms with E-state index >= 15 is 0 Å². The van der Waals surface area contributed by atoms with E-state index in [0.29, 0.717) is 11.8 Å². The maximum Gasteiger partial charge on any atom is 0.0408 e. The van der Waals surface area contributed by atoms with Crippen molar-refractivity contribution in [1.82, 2.24) is 0 Å². The van der Waals surface area contributed by atoms with Crippen LogP contribution in [-0.2, 0) is 0 Å². The lowest BCUT2D eigenvalue weighted by molar-refractivity contribution is 0.496. The molecule has 0 radical (unpaired) electrons. The molecule has 1 aromatic rings. The summed E-state index contributed by atoms with van der Waals surface area (Å²) in [4.78, 5) is 0.